The Kier molecular flexibility index (Phi) is 6.37. The molecule has 0 saturated carbocycles. The molecule has 1 amide bonds. The first kappa shape index (κ1) is 25.0. The fraction of sp³-hybridized carbons (Fsp3) is 0.148. The molecular weight excluding hydrogens is 508 g/mol. The van der Waals surface area contributed by atoms with Crippen molar-refractivity contribution >= 4 is 21.7 Å². The summed E-state index contributed by atoms with van der Waals surface area (Å²) >= 11 is 0. The van der Waals surface area contributed by atoms with Gasteiger partial charge in [0.25, 0.3) is 15.9 Å². The van der Waals surface area contributed by atoms with Crippen LogP contribution in [-0.2, 0) is 10.0 Å². The highest BCUT2D eigenvalue weighted by Gasteiger charge is 2.25. The van der Waals surface area contributed by atoms with E-state index in [9.17, 15) is 13.2 Å². The van der Waals surface area contributed by atoms with Crippen molar-refractivity contribution in [1.82, 2.24) is 14.7 Å². The standard InChI is InChI=1S/C27H24N4O6S/c1-15-11-16(2)25(17(3)12-15)37-27-19(26(32)31-38(33,34)24-6-4-5-23(28)30-24)8-9-20(29-27)18-7-10-21-22(13-18)36-14-35-21/h4-13H,14H2,1-3H3,(H2,28,30)(H,31,32). The number of benzene rings is 2. The number of amides is 1. The summed E-state index contributed by atoms with van der Waals surface area (Å²) in [5, 5.41) is -0.386. The zero-order valence-corrected chi connectivity index (χ0v) is 21.6. The largest absolute Gasteiger partial charge is 0.454 e. The number of aryl methyl sites for hydroxylation is 3. The van der Waals surface area contributed by atoms with E-state index in [2.05, 4.69) is 9.97 Å². The van der Waals surface area contributed by atoms with Crippen molar-refractivity contribution in [2.24, 2.45) is 0 Å². The third kappa shape index (κ3) is 4.96. The van der Waals surface area contributed by atoms with Crippen LogP contribution in [0.2, 0.25) is 0 Å². The Morgan fingerprint density at radius 2 is 1.68 bits per heavy atom. The van der Waals surface area contributed by atoms with E-state index >= 15 is 0 Å². The maximum atomic E-state index is 13.2. The smallest absolute Gasteiger partial charge is 0.281 e. The maximum absolute atomic E-state index is 13.2. The molecule has 0 radical (unpaired) electrons. The van der Waals surface area contributed by atoms with Gasteiger partial charge < -0.3 is 19.9 Å². The summed E-state index contributed by atoms with van der Waals surface area (Å²) in [7, 11) is -4.32. The summed E-state index contributed by atoms with van der Waals surface area (Å²) in [6.07, 6.45) is 0. The van der Waals surface area contributed by atoms with Gasteiger partial charge in [0, 0.05) is 5.56 Å². The Labute approximate surface area is 219 Å². The number of hydrogen-bond donors (Lipinski definition) is 2. The molecule has 0 saturated heterocycles. The van der Waals surface area contributed by atoms with Crippen molar-refractivity contribution in [2.45, 2.75) is 25.8 Å². The molecular formula is C27H24N4O6S. The number of carbonyl (C=O) groups excluding carboxylic acids is 1. The Morgan fingerprint density at radius 1 is 0.947 bits per heavy atom. The first-order valence-corrected chi connectivity index (χ1v) is 13.1. The number of hydrogen-bond acceptors (Lipinski definition) is 9. The van der Waals surface area contributed by atoms with Crippen LogP contribution in [0.1, 0.15) is 27.0 Å². The normalized spacial score (nSPS) is 12.3. The molecule has 4 aromatic rings. The molecule has 3 N–H and O–H groups in total. The molecule has 2 aromatic heterocycles. The second-order valence-electron chi connectivity index (χ2n) is 8.78. The van der Waals surface area contributed by atoms with Crippen LogP contribution in [0.25, 0.3) is 11.3 Å². The highest BCUT2D eigenvalue weighted by Crippen LogP contribution is 2.37. The Morgan fingerprint density at radius 3 is 2.42 bits per heavy atom. The van der Waals surface area contributed by atoms with E-state index in [0.717, 1.165) is 16.7 Å². The molecule has 0 atom stereocenters. The summed E-state index contributed by atoms with van der Waals surface area (Å²) in [6, 6.07) is 16.4. The Balaban J connectivity index is 1.56. The lowest BCUT2D eigenvalue weighted by molar-refractivity contribution is 0.0978. The number of nitrogens with zero attached hydrogens (tertiary/aromatic N) is 2. The van der Waals surface area contributed by atoms with Crippen LogP contribution in [0.3, 0.4) is 0 Å². The number of nitrogens with two attached hydrogens (primary N) is 1. The van der Waals surface area contributed by atoms with E-state index in [1.54, 1.807) is 24.3 Å². The van der Waals surface area contributed by atoms with Crippen molar-refractivity contribution in [3.63, 3.8) is 0 Å². The molecule has 194 valence electrons. The molecule has 38 heavy (non-hydrogen) atoms. The minimum absolute atomic E-state index is 0.00409. The summed E-state index contributed by atoms with van der Waals surface area (Å²) < 4.78 is 44.8. The van der Waals surface area contributed by atoms with E-state index in [0.29, 0.717) is 28.5 Å². The number of nitrogens with one attached hydrogen (secondary N) is 1. The molecule has 0 aliphatic carbocycles. The first-order valence-electron chi connectivity index (χ1n) is 11.6. The number of pyridine rings is 2. The van der Waals surface area contributed by atoms with Gasteiger partial charge in [-0.3, -0.25) is 4.79 Å². The average Bonchev–Trinajstić information content (AvgIpc) is 3.34. The number of sulfonamides is 1. The summed E-state index contributed by atoms with van der Waals surface area (Å²) in [6.45, 7) is 5.86. The lowest BCUT2D eigenvalue weighted by atomic mass is 10.1. The number of rotatable bonds is 6. The summed E-state index contributed by atoms with van der Waals surface area (Å²) in [4.78, 5) is 21.6. The van der Waals surface area contributed by atoms with Crippen LogP contribution in [-0.4, -0.2) is 31.1 Å². The molecule has 0 fully saturated rings. The van der Waals surface area contributed by atoms with Gasteiger partial charge in [0.1, 0.15) is 17.1 Å². The fourth-order valence-corrected chi connectivity index (χ4v) is 5.08. The molecule has 5 rings (SSSR count). The lowest BCUT2D eigenvalue weighted by Gasteiger charge is -2.16. The molecule has 3 heterocycles. The van der Waals surface area contributed by atoms with Crippen molar-refractivity contribution in [2.75, 3.05) is 12.5 Å². The Bertz CT molecular complexity index is 1660. The van der Waals surface area contributed by atoms with E-state index < -0.39 is 15.9 Å². The number of fused-ring (bicyclic) bond motifs is 1. The van der Waals surface area contributed by atoms with Crippen LogP contribution >= 0.6 is 0 Å². The molecule has 1 aliphatic rings. The number of aromatic nitrogens is 2. The molecule has 0 bridgehead atoms. The molecule has 10 nitrogen and oxygen atoms in total. The minimum atomic E-state index is -4.32. The van der Waals surface area contributed by atoms with Crippen LogP contribution < -0.4 is 24.7 Å². The Hall–Kier alpha value is -4.64. The molecule has 11 heteroatoms. The van der Waals surface area contributed by atoms with E-state index in [-0.39, 0.29) is 29.1 Å². The number of nitrogen functional groups attached to an aromatic ring is 1. The molecule has 1 aliphatic heterocycles. The van der Waals surface area contributed by atoms with Crippen molar-refractivity contribution in [3.8, 4) is 34.4 Å². The van der Waals surface area contributed by atoms with Gasteiger partial charge in [-0.15, -0.1) is 0 Å². The highest BCUT2D eigenvalue weighted by molar-refractivity contribution is 7.90. The van der Waals surface area contributed by atoms with E-state index in [1.165, 1.54) is 24.3 Å². The summed E-state index contributed by atoms with van der Waals surface area (Å²) in [5.74, 6) is 0.705. The zero-order valence-electron chi connectivity index (χ0n) is 20.8. The SMILES string of the molecule is Cc1cc(C)c(Oc2nc(-c3ccc4c(c3)OCO4)ccc2C(=O)NS(=O)(=O)c2cccc(N)n2)c(C)c1. The maximum Gasteiger partial charge on any atom is 0.281 e. The van der Waals surface area contributed by atoms with Crippen LogP contribution in [0.15, 0.2) is 65.7 Å². The predicted molar refractivity (Wildman–Crippen MR) is 140 cm³/mol. The van der Waals surface area contributed by atoms with E-state index in [4.69, 9.17) is 19.9 Å². The van der Waals surface area contributed by atoms with Gasteiger partial charge in [0.15, 0.2) is 16.5 Å². The first-order chi connectivity index (χ1) is 18.1. The van der Waals surface area contributed by atoms with Crippen LogP contribution in [0.4, 0.5) is 5.82 Å². The third-order valence-corrected chi connectivity index (χ3v) is 7.06. The molecule has 0 unspecified atom stereocenters. The highest BCUT2D eigenvalue weighted by atomic mass is 32.2. The number of anilines is 1. The monoisotopic (exact) mass is 532 g/mol. The second kappa shape index (κ2) is 9.67. The molecule has 0 spiro atoms. The number of carbonyl (C=O) groups is 1. The van der Waals surface area contributed by atoms with Gasteiger partial charge >= 0.3 is 0 Å². The van der Waals surface area contributed by atoms with Crippen molar-refractivity contribution in [3.05, 3.63) is 82.9 Å². The quantitative estimate of drug-likeness (QED) is 0.372. The van der Waals surface area contributed by atoms with E-state index in [1.807, 2.05) is 37.6 Å². The molecule has 2 aromatic carbocycles. The van der Waals surface area contributed by atoms with Crippen molar-refractivity contribution in [1.29, 1.82) is 0 Å². The van der Waals surface area contributed by atoms with Crippen molar-refractivity contribution < 1.29 is 27.4 Å². The van der Waals surface area contributed by atoms with Crippen LogP contribution in [0, 0.1) is 20.8 Å². The third-order valence-electron chi connectivity index (χ3n) is 5.82. The van der Waals surface area contributed by atoms with Crippen LogP contribution in [0.5, 0.6) is 23.1 Å². The van der Waals surface area contributed by atoms with Gasteiger partial charge in [-0.2, -0.15) is 8.42 Å². The predicted octanol–water partition coefficient (Wildman–Crippen LogP) is 4.29. The summed E-state index contributed by atoms with van der Waals surface area (Å²) in [5.41, 5.74) is 9.43. The fourth-order valence-electron chi connectivity index (χ4n) is 4.14. The van der Waals surface area contributed by atoms with Gasteiger partial charge in [-0.1, -0.05) is 23.8 Å². The van der Waals surface area contributed by atoms with Gasteiger partial charge in [0.2, 0.25) is 12.7 Å². The zero-order chi connectivity index (χ0) is 27.0. The number of ether oxygens (including phenoxy) is 3. The average molecular weight is 533 g/mol. The lowest BCUT2D eigenvalue weighted by Crippen LogP contribution is -2.31. The van der Waals surface area contributed by atoms with Gasteiger partial charge in [0.05, 0.1) is 5.69 Å². The minimum Gasteiger partial charge on any atom is -0.454 e. The second-order valence-corrected chi connectivity index (χ2v) is 10.4. The van der Waals surface area contributed by atoms with Gasteiger partial charge in [-0.05, 0) is 74.4 Å². The van der Waals surface area contributed by atoms with Gasteiger partial charge in [-0.25, -0.2) is 14.7 Å². The topological polar surface area (TPSA) is 143 Å².